The number of urea groups is 1. The van der Waals surface area contributed by atoms with Gasteiger partial charge in [-0.05, 0) is 32.6 Å². The molecule has 0 unspecified atom stereocenters. The molecule has 2 saturated carbocycles. The van der Waals surface area contributed by atoms with Gasteiger partial charge in [-0.15, -0.1) is 0 Å². The number of hydrogen-bond acceptors (Lipinski definition) is 2. The van der Waals surface area contributed by atoms with Gasteiger partial charge in [0, 0.05) is 25.2 Å². The predicted molar refractivity (Wildman–Crippen MR) is 62.8 cm³/mol. The highest BCUT2D eigenvalue weighted by atomic mass is 16.4. The SMILES string of the molecule is CCN(C(=O)N(CCC(=O)O)C1CC1)C1CC1. The minimum atomic E-state index is -0.835. The van der Waals surface area contributed by atoms with Crippen LogP contribution in [0.3, 0.4) is 0 Å². The molecule has 5 nitrogen and oxygen atoms in total. The third-order valence-corrected chi connectivity index (χ3v) is 3.37. The standard InChI is InChI=1S/C12H20N2O3/c1-2-13(9-3-4-9)12(17)14(10-5-6-10)8-7-11(15)16/h9-10H,2-8H2,1H3,(H,15,16). The molecule has 5 heteroatoms. The van der Waals surface area contributed by atoms with E-state index in [-0.39, 0.29) is 18.5 Å². The first kappa shape index (κ1) is 12.2. The van der Waals surface area contributed by atoms with Gasteiger partial charge in [0.2, 0.25) is 0 Å². The molecule has 0 aromatic rings. The number of rotatable bonds is 6. The second-order valence-electron chi connectivity index (χ2n) is 4.87. The lowest BCUT2D eigenvalue weighted by atomic mass is 10.3. The summed E-state index contributed by atoms with van der Waals surface area (Å²) in [5.41, 5.74) is 0. The maximum atomic E-state index is 12.3. The number of carbonyl (C=O) groups is 2. The van der Waals surface area contributed by atoms with Gasteiger partial charge >= 0.3 is 12.0 Å². The van der Waals surface area contributed by atoms with Gasteiger partial charge < -0.3 is 14.9 Å². The van der Waals surface area contributed by atoms with E-state index in [9.17, 15) is 9.59 Å². The van der Waals surface area contributed by atoms with E-state index in [1.807, 2.05) is 11.8 Å². The highest BCUT2D eigenvalue weighted by Crippen LogP contribution is 2.32. The minimum absolute atomic E-state index is 0.0405. The van der Waals surface area contributed by atoms with Crippen molar-refractivity contribution in [2.24, 2.45) is 0 Å². The summed E-state index contributed by atoms with van der Waals surface area (Å²) in [5.74, 6) is -0.835. The lowest BCUT2D eigenvalue weighted by Crippen LogP contribution is -2.46. The zero-order valence-corrected chi connectivity index (χ0v) is 10.3. The van der Waals surface area contributed by atoms with E-state index in [2.05, 4.69) is 0 Å². The number of carboxylic acid groups (broad SMARTS) is 1. The molecule has 0 spiro atoms. The van der Waals surface area contributed by atoms with Gasteiger partial charge in [0.1, 0.15) is 0 Å². The monoisotopic (exact) mass is 240 g/mol. The first-order valence-corrected chi connectivity index (χ1v) is 6.42. The summed E-state index contributed by atoms with van der Waals surface area (Å²) in [6.45, 7) is 3.06. The summed E-state index contributed by atoms with van der Waals surface area (Å²) in [4.78, 5) is 26.6. The third kappa shape index (κ3) is 3.11. The Morgan fingerprint density at radius 3 is 2.06 bits per heavy atom. The molecule has 0 aliphatic heterocycles. The van der Waals surface area contributed by atoms with E-state index >= 15 is 0 Å². The van der Waals surface area contributed by atoms with Crippen molar-refractivity contribution in [3.63, 3.8) is 0 Å². The van der Waals surface area contributed by atoms with Crippen molar-refractivity contribution in [2.45, 2.75) is 51.1 Å². The Hall–Kier alpha value is -1.26. The molecule has 2 amide bonds. The van der Waals surface area contributed by atoms with E-state index in [1.54, 1.807) is 4.90 Å². The first-order valence-electron chi connectivity index (χ1n) is 6.42. The second-order valence-corrected chi connectivity index (χ2v) is 4.87. The number of amides is 2. The third-order valence-electron chi connectivity index (χ3n) is 3.37. The normalized spacial score (nSPS) is 18.9. The van der Waals surface area contributed by atoms with Crippen LogP contribution in [0.4, 0.5) is 4.79 Å². The molecule has 0 atom stereocenters. The second kappa shape index (κ2) is 4.94. The summed E-state index contributed by atoms with van der Waals surface area (Å²) in [5, 5.41) is 8.71. The maximum Gasteiger partial charge on any atom is 0.320 e. The lowest BCUT2D eigenvalue weighted by Gasteiger charge is -2.29. The number of carbonyl (C=O) groups excluding carboxylic acids is 1. The molecule has 0 saturated heterocycles. The van der Waals surface area contributed by atoms with Crippen LogP contribution in [0.1, 0.15) is 39.0 Å². The van der Waals surface area contributed by atoms with Gasteiger partial charge in [0.15, 0.2) is 0 Å². The molecule has 17 heavy (non-hydrogen) atoms. The molecule has 96 valence electrons. The van der Waals surface area contributed by atoms with E-state index in [0.29, 0.717) is 12.6 Å². The fraction of sp³-hybridized carbons (Fsp3) is 0.833. The van der Waals surface area contributed by atoms with Crippen molar-refractivity contribution in [1.29, 1.82) is 0 Å². The molecule has 0 aromatic heterocycles. The predicted octanol–water partition coefficient (Wildman–Crippen LogP) is 1.53. The lowest BCUT2D eigenvalue weighted by molar-refractivity contribution is -0.137. The van der Waals surface area contributed by atoms with Gasteiger partial charge in [-0.3, -0.25) is 4.79 Å². The number of nitrogens with zero attached hydrogens (tertiary/aromatic N) is 2. The molecule has 1 N–H and O–H groups in total. The van der Waals surface area contributed by atoms with E-state index in [1.165, 1.54) is 0 Å². The van der Waals surface area contributed by atoms with Gasteiger partial charge in [-0.2, -0.15) is 0 Å². The van der Waals surface area contributed by atoms with Crippen molar-refractivity contribution in [3.8, 4) is 0 Å². The summed E-state index contributed by atoms with van der Waals surface area (Å²) >= 11 is 0. The average molecular weight is 240 g/mol. The highest BCUT2D eigenvalue weighted by molar-refractivity contribution is 5.76. The van der Waals surface area contributed by atoms with Crippen molar-refractivity contribution in [2.75, 3.05) is 13.1 Å². The van der Waals surface area contributed by atoms with E-state index < -0.39 is 5.97 Å². The Kier molecular flexibility index (Phi) is 3.54. The summed E-state index contributed by atoms with van der Waals surface area (Å²) < 4.78 is 0. The highest BCUT2D eigenvalue weighted by Gasteiger charge is 2.39. The van der Waals surface area contributed by atoms with Crippen molar-refractivity contribution < 1.29 is 14.7 Å². The Bertz CT molecular complexity index is 311. The molecule has 0 bridgehead atoms. The number of carboxylic acids is 1. The van der Waals surface area contributed by atoms with Crippen LogP contribution in [0.2, 0.25) is 0 Å². The van der Waals surface area contributed by atoms with Crippen LogP contribution in [0, 0.1) is 0 Å². The van der Waals surface area contributed by atoms with Crippen LogP contribution in [0.5, 0.6) is 0 Å². The van der Waals surface area contributed by atoms with Crippen LogP contribution < -0.4 is 0 Å². The van der Waals surface area contributed by atoms with Crippen molar-refractivity contribution in [1.82, 2.24) is 9.80 Å². The smallest absolute Gasteiger partial charge is 0.320 e. The molecular weight excluding hydrogens is 220 g/mol. The maximum absolute atomic E-state index is 12.3. The van der Waals surface area contributed by atoms with Crippen LogP contribution in [-0.4, -0.2) is 52.1 Å². The molecule has 2 aliphatic carbocycles. The topological polar surface area (TPSA) is 60.9 Å². The molecular formula is C12H20N2O3. The Morgan fingerprint density at radius 1 is 1.12 bits per heavy atom. The Balaban J connectivity index is 1.93. The van der Waals surface area contributed by atoms with E-state index in [4.69, 9.17) is 5.11 Å². The Morgan fingerprint density at radius 2 is 1.65 bits per heavy atom. The molecule has 0 heterocycles. The van der Waals surface area contributed by atoms with Crippen LogP contribution in [0.15, 0.2) is 0 Å². The largest absolute Gasteiger partial charge is 0.481 e. The Labute approximate surface area is 101 Å². The van der Waals surface area contributed by atoms with Crippen molar-refractivity contribution in [3.05, 3.63) is 0 Å². The molecule has 2 aliphatic rings. The van der Waals surface area contributed by atoms with Gasteiger partial charge in [0.05, 0.1) is 6.42 Å². The number of aliphatic carboxylic acids is 1. The summed E-state index contributed by atoms with van der Waals surface area (Å²) in [6.07, 6.45) is 4.28. The quantitative estimate of drug-likeness (QED) is 0.766. The fourth-order valence-corrected chi connectivity index (χ4v) is 2.14. The molecule has 2 rings (SSSR count). The van der Waals surface area contributed by atoms with Crippen LogP contribution >= 0.6 is 0 Å². The molecule has 0 radical (unpaired) electrons. The number of hydrogen-bond donors (Lipinski definition) is 1. The molecule has 0 aromatic carbocycles. The zero-order valence-electron chi connectivity index (χ0n) is 10.3. The van der Waals surface area contributed by atoms with Gasteiger partial charge in [0.25, 0.3) is 0 Å². The fourth-order valence-electron chi connectivity index (χ4n) is 2.14. The van der Waals surface area contributed by atoms with Crippen LogP contribution in [-0.2, 0) is 4.79 Å². The van der Waals surface area contributed by atoms with Gasteiger partial charge in [-0.1, -0.05) is 0 Å². The van der Waals surface area contributed by atoms with Crippen LogP contribution in [0.25, 0.3) is 0 Å². The minimum Gasteiger partial charge on any atom is -0.481 e. The summed E-state index contributed by atoms with van der Waals surface area (Å²) in [6, 6.07) is 0.729. The van der Waals surface area contributed by atoms with Crippen molar-refractivity contribution >= 4 is 12.0 Å². The van der Waals surface area contributed by atoms with Gasteiger partial charge in [-0.25, -0.2) is 4.79 Å². The van der Waals surface area contributed by atoms with E-state index in [0.717, 1.165) is 32.2 Å². The average Bonchev–Trinajstić information content (AvgIpc) is 3.13. The first-order chi connectivity index (χ1) is 8.13. The summed E-state index contributed by atoms with van der Waals surface area (Å²) in [7, 11) is 0. The molecule has 2 fully saturated rings. The zero-order chi connectivity index (χ0) is 12.4.